The largest absolute Gasteiger partial charge is 0.396 e. The summed E-state index contributed by atoms with van der Waals surface area (Å²) in [6, 6.07) is 0.0374. The second-order valence-corrected chi connectivity index (χ2v) is 7.80. The van der Waals surface area contributed by atoms with Gasteiger partial charge in [-0.05, 0) is 38.5 Å². The van der Waals surface area contributed by atoms with Gasteiger partial charge < -0.3 is 46.6 Å². The van der Waals surface area contributed by atoms with E-state index < -0.39 is 36.6 Å². The van der Waals surface area contributed by atoms with Gasteiger partial charge in [-0.3, -0.25) is 4.90 Å². The summed E-state index contributed by atoms with van der Waals surface area (Å²) in [5, 5.41) is 78.1. The molecule has 0 amide bonds. The van der Waals surface area contributed by atoms with Gasteiger partial charge in [0.15, 0.2) is 0 Å². The first kappa shape index (κ1) is 25.6. The van der Waals surface area contributed by atoms with E-state index in [2.05, 4.69) is 0 Å². The van der Waals surface area contributed by atoms with Crippen LogP contribution in [0.5, 0.6) is 0 Å². The number of hydrogen-bond acceptors (Lipinski definition) is 10. The first-order valence-electron chi connectivity index (χ1n) is 10.0. The predicted octanol–water partition coefficient (Wildman–Crippen LogP) is -3.51. The minimum absolute atomic E-state index is 0.0477. The van der Waals surface area contributed by atoms with Crippen molar-refractivity contribution >= 4 is 0 Å². The fourth-order valence-electron chi connectivity index (χ4n) is 3.65. The lowest BCUT2D eigenvalue weighted by Gasteiger charge is -2.40. The zero-order chi connectivity index (χ0) is 21.3. The molecule has 1 saturated carbocycles. The Kier molecular flexibility index (Phi) is 11.9. The average Bonchev–Trinajstić information content (AvgIpc) is 2.67. The Morgan fingerprint density at radius 3 is 1.43 bits per heavy atom. The molecule has 6 atom stereocenters. The first-order chi connectivity index (χ1) is 13.2. The molecule has 0 aromatic rings. The minimum atomic E-state index is -1.47. The molecule has 0 saturated heterocycles. The second kappa shape index (κ2) is 13.0. The van der Waals surface area contributed by atoms with E-state index >= 15 is 0 Å². The highest BCUT2D eigenvalue weighted by molar-refractivity contribution is 4.88. The van der Waals surface area contributed by atoms with Crippen molar-refractivity contribution in [1.82, 2.24) is 4.90 Å². The topological polar surface area (TPSA) is 191 Å². The van der Waals surface area contributed by atoms with E-state index in [-0.39, 0.29) is 51.2 Å². The Morgan fingerprint density at radius 1 is 0.679 bits per heavy atom. The van der Waals surface area contributed by atoms with Crippen LogP contribution in [0.3, 0.4) is 0 Å². The van der Waals surface area contributed by atoms with Gasteiger partial charge in [-0.25, -0.2) is 0 Å². The molecule has 10 heteroatoms. The molecular formula is C18H38N2O8. The Labute approximate surface area is 165 Å². The summed E-state index contributed by atoms with van der Waals surface area (Å²) in [4.78, 5) is 1.73. The molecular weight excluding hydrogens is 372 g/mol. The van der Waals surface area contributed by atoms with Gasteiger partial charge in [-0.1, -0.05) is 0 Å². The molecule has 28 heavy (non-hydrogen) atoms. The van der Waals surface area contributed by atoms with Crippen LogP contribution in [0.2, 0.25) is 0 Å². The van der Waals surface area contributed by atoms with Gasteiger partial charge in [-0.15, -0.1) is 0 Å². The molecule has 1 aliphatic rings. The van der Waals surface area contributed by atoms with Crippen LogP contribution < -0.4 is 5.73 Å². The highest BCUT2D eigenvalue weighted by Crippen LogP contribution is 2.24. The second-order valence-electron chi connectivity index (χ2n) is 7.80. The molecule has 0 unspecified atom stereocenters. The van der Waals surface area contributed by atoms with E-state index in [9.17, 15) is 30.6 Å². The van der Waals surface area contributed by atoms with E-state index in [4.69, 9.17) is 15.9 Å². The molecule has 0 aromatic heterocycles. The summed E-state index contributed by atoms with van der Waals surface area (Å²) < 4.78 is 0. The summed E-state index contributed by atoms with van der Waals surface area (Å²) >= 11 is 0. The van der Waals surface area contributed by atoms with E-state index in [1.54, 1.807) is 4.90 Å². The maximum atomic E-state index is 10.3. The molecule has 1 aliphatic carbocycles. The number of nitrogens with zero attached hydrogens (tertiary/aromatic N) is 1. The third-order valence-corrected chi connectivity index (χ3v) is 5.53. The summed E-state index contributed by atoms with van der Waals surface area (Å²) in [6.45, 7) is -0.793. The molecule has 1 fully saturated rings. The number of aliphatic hydroxyl groups excluding tert-OH is 8. The Balaban J connectivity index is 2.78. The van der Waals surface area contributed by atoms with Crippen molar-refractivity contribution in [2.45, 2.75) is 87.2 Å². The van der Waals surface area contributed by atoms with Crippen molar-refractivity contribution in [2.75, 3.05) is 26.3 Å². The summed E-state index contributed by atoms with van der Waals surface area (Å²) in [7, 11) is 0. The quantitative estimate of drug-likeness (QED) is 0.147. The van der Waals surface area contributed by atoms with Crippen LogP contribution in [0.1, 0.15) is 38.5 Å². The van der Waals surface area contributed by atoms with Crippen molar-refractivity contribution in [3.05, 3.63) is 0 Å². The third-order valence-electron chi connectivity index (χ3n) is 5.53. The molecule has 0 heterocycles. The smallest absolute Gasteiger partial charge is 0.107 e. The van der Waals surface area contributed by atoms with Crippen LogP contribution in [0, 0.1) is 0 Å². The van der Waals surface area contributed by atoms with Crippen molar-refractivity contribution in [2.24, 2.45) is 5.73 Å². The van der Waals surface area contributed by atoms with Gasteiger partial charge in [0.05, 0.1) is 24.4 Å². The van der Waals surface area contributed by atoms with E-state index in [0.717, 1.165) is 12.8 Å². The lowest BCUT2D eigenvalue weighted by atomic mass is 9.89. The number of hydrogen-bond donors (Lipinski definition) is 9. The zero-order valence-electron chi connectivity index (χ0n) is 16.3. The molecule has 168 valence electrons. The van der Waals surface area contributed by atoms with Gasteiger partial charge >= 0.3 is 0 Å². The van der Waals surface area contributed by atoms with Crippen molar-refractivity contribution < 1.29 is 40.9 Å². The van der Waals surface area contributed by atoms with Crippen LogP contribution in [0.15, 0.2) is 0 Å². The molecule has 0 aliphatic heterocycles. The lowest BCUT2D eigenvalue weighted by molar-refractivity contribution is -0.0993. The maximum Gasteiger partial charge on any atom is 0.107 e. The van der Waals surface area contributed by atoms with Crippen molar-refractivity contribution in [3.8, 4) is 0 Å². The number of aliphatic hydroxyl groups is 8. The molecule has 10 N–H and O–H groups in total. The SMILES string of the molecule is N[C@H]1CC[C@@H](N(C[C@H](O)[C@@H](O)[C@H](O)CCO)C[C@H](O)[C@@H](O)[C@H](O)CCO)CC1. The van der Waals surface area contributed by atoms with Crippen LogP contribution in [-0.4, -0.2) is 121 Å². The van der Waals surface area contributed by atoms with Crippen LogP contribution in [0.25, 0.3) is 0 Å². The van der Waals surface area contributed by atoms with Gasteiger partial charge in [-0.2, -0.15) is 0 Å². The van der Waals surface area contributed by atoms with E-state index in [1.165, 1.54) is 0 Å². The fourth-order valence-corrected chi connectivity index (χ4v) is 3.65. The average molecular weight is 411 g/mol. The molecule has 1 rings (SSSR count). The van der Waals surface area contributed by atoms with Crippen molar-refractivity contribution in [3.63, 3.8) is 0 Å². The first-order valence-corrected chi connectivity index (χ1v) is 10.0. The number of rotatable bonds is 13. The van der Waals surface area contributed by atoms with Crippen LogP contribution >= 0.6 is 0 Å². The Bertz CT molecular complexity index is 385. The van der Waals surface area contributed by atoms with Gasteiger partial charge in [0, 0.05) is 38.4 Å². The minimum Gasteiger partial charge on any atom is -0.396 e. The predicted molar refractivity (Wildman–Crippen MR) is 101 cm³/mol. The maximum absolute atomic E-state index is 10.3. The van der Waals surface area contributed by atoms with E-state index in [1.807, 2.05) is 0 Å². The van der Waals surface area contributed by atoms with Gasteiger partial charge in [0.2, 0.25) is 0 Å². The Morgan fingerprint density at radius 2 is 1.07 bits per heavy atom. The molecule has 0 spiro atoms. The normalized spacial score (nSPS) is 27.2. The fraction of sp³-hybridized carbons (Fsp3) is 1.00. The molecule has 0 aromatic carbocycles. The monoisotopic (exact) mass is 410 g/mol. The Hall–Kier alpha value is -0.400. The van der Waals surface area contributed by atoms with Crippen LogP contribution in [0.4, 0.5) is 0 Å². The third kappa shape index (κ3) is 8.15. The van der Waals surface area contributed by atoms with Crippen LogP contribution in [-0.2, 0) is 0 Å². The van der Waals surface area contributed by atoms with Gasteiger partial charge in [0.1, 0.15) is 12.2 Å². The highest BCUT2D eigenvalue weighted by Gasteiger charge is 2.33. The van der Waals surface area contributed by atoms with Crippen molar-refractivity contribution in [1.29, 1.82) is 0 Å². The summed E-state index contributed by atoms with van der Waals surface area (Å²) in [5.41, 5.74) is 5.93. The van der Waals surface area contributed by atoms with Gasteiger partial charge in [0.25, 0.3) is 0 Å². The molecule has 0 bridgehead atoms. The number of nitrogens with two attached hydrogens (primary N) is 1. The lowest BCUT2D eigenvalue weighted by Crippen LogP contribution is -2.53. The molecule has 0 radical (unpaired) electrons. The highest BCUT2D eigenvalue weighted by atomic mass is 16.4. The zero-order valence-corrected chi connectivity index (χ0v) is 16.3. The summed E-state index contributed by atoms with van der Waals surface area (Å²) in [5.74, 6) is 0. The van der Waals surface area contributed by atoms with E-state index in [0.29, 0.717) is 12.8 Å². The standard InChI is InChI=1S/C18H38N2O8/c19-11-1-3-12(4-2-11)20(9-15(25)17(27)13(23)5-7-21)10-16(26)18(28)14(24)6-8-22/h11-18,21-28H,1-10,19H2/t11-,12+,13-,14-,15+,16+,17+,18+/m1/s1. The summed E-state index contributed by atoms with van der Waals surface area (Å²) in [6.07, 6.45) is -5.38. The molecule has 10 nitrogen and oxygen atoms in total.